The van der Waals surface area contributed by atoms with Crippen molar-refractivity contribution in [3.8, 4) is 0 Å². The number of rotatable bonds is 7. The molecule has 0 saturated carbocycles. The van der Waals surface area contributed by atoms with Crippen molar-refractivity contribution >= 4 is 17.5 Å². The number of benzene rings is 1. The van der Waals surface area contributed by atoms with Gasteiger partial charge in [0.2, 0.25) is 5.91 Å². The molecule has 0 radical (unpaired) electrons. The normalized spacial score (nSPS) is 9.90. The number of anilines is 2. The van der Waals surface area contributed by atoms with Crippen molar-refractivity contribution in [1.82, 2.24) is 10.2 Å². The number of amides is 1. The number of carbonyl (C=O) groups is 1. The molecule has 5 nitrogen and oxygen atoms in total. The molecule has 0 fully saturated rings. The summed E-state index contributed by atoms with van der Waals surface area (Å²) in [7, 11) is 0. The molecule has 1 amide bonds. The van der Waals surface area contributed by atoms with Crippen molar-refractivity contribution in [3.63, 3.8) is 0 Å². The van der Waals surface area contributed by atoms with Gasteiger partial charge in [0.25, 0.3) is 0 Å². The first-order chi connectivity index (χ1) is 10.3. The third-order valence-electron chi connectivity index (χ3n) is 2.84. The summed E-state index contributed by atoms with van der Waals surface area (Å²) < 4.78 is 0. The molecule has 5 heteroatoms. The Kier molecular flexibility index (Phi) is 5.46. The third kappa shape index (κ3) is 5.06. The van der Waals surface area contributed by atoms with Crippen LogP contribution in [-0.4, -0.2) is 22.6 Å². The van der Waals surface area contributed by atoms with E-state index in [2.05, 4.69) is 27.4 Å². The molecule has 21 heavy (non-hydrogen) atoms. The Labute approximate surface area is 124 Å². The van der Waals surface area contributed by atoms with E-state index in [0.717, 1.165) is 5.56 Å². The lowest BCUT2D eigenvalue weighted by atomic mass is 10.1. The summed E-state index contributed by atoms with van der Waals surface area (Å²) >= 11 is 0. The number of nitrogens with zero attached hydrogens (tertiary/aromatic N) is 2. The number of carbonyl (C=O) groups excluding carboxylic acids is 1. The fraction of sp³-hybridized carbons (Fsp3) is 0.188. The Morgan fingerprint density at radius 1 is 1.10 bits per heavy atom. The molecule has 1 aromatic carbocycles. The van der Waals surface area contributed by atoms with Gasteiger partial charge in [-0.1, -0.05) is 36.4 Å². The van der Waals surface area contributed by atoms with Gasteiger partial charge in [-0.25, -0.2) is 0 Å². The quantitative estimate of drug-likeness (QED) is 0.766. The standard InChI is InChI=1S/C16H18N4O/c1-2-12-17-14-9-10-15(20-19-14)18-16(21)11-8-13-6-4-3-5-7-13/h2-7,9-10H,1,8,11-12H2,(H,17,19)(H,18,20,21). The summed E-state index contributed by atoms with van der Waals surface area (Å²) in [6.07, 6.45) is 2.86. The molecular formula is C16H18N4O. The number of hydrogen-bond acceptors (Lipinski definition) is 4. The van der Waals surface area contributed by atoms with E-state index in [1.54, 1.807) is 18.2 Å². The molecular weight excluding hydrogens is 264 g/mol. The summed E-state index contributed by atoms with van der Waals surface area (Å²) in [4.78, 5) is 11.8. The highest BCUT2D eigenvalue weighted by molar-refractivity contribution is 5.89. The highest BCUT2D eigenvalue weighted by atomic mass is 16.1. The van der Waals surface area contributed by atoms with E-state index in [-0.39, 0.29) is 5.91 Å². The molecule has 0 unspecified atom stereocenters. The third-order valence-corrected chi connectivity index (χ3v) is 2.84. The minimum absolute atomic E-state index is 0.0695. The maximum absolute atomic E-state index is 11.8. The van der Waals surface area contributed by atoms with Crippen LogP contribution in [-0.2, 0) is 11.2 Å². The highest BCUT2D eigenvalue weighted by Crippen LogP contribution is 2.07. The lowest BCUT2D eigenvalue weighted by Crippen LogP contribution is -2.14. The first-order valence-corrected chi connectivity index (χ1v) is 6.80. The fourth-order valence-electron chi connectivity index (χ4n) is 1.78. The van der Waals surface area contributed by atoms with Gasteiger partial charge in [-0.3, -0.25) is 4.79 Å². The zero-order valence-corrected chi connectivity index (χ0v) is 11.7. The van der Waals surface area contributed by atoms with Crippen molar-refractivity contribution in [2.24, 2.45) is 0 Å². The van der Waals surface area contributed by atoms with E-state index >= 15 is 0 Å². The van der Waals surface area contributed by atoms with Crippen LogP contribution < -0.4 is 10.6 Å². The monoisotopic (exact) mass is 282 g/mol. The van der Waals surface area contributed by atoms with Crippen molar-refractivity contribution in [1.29, 1.82) is 0 Å². The van der Waals surface area contributed by atoms with Crippen LogP contribution >= 0.6 is 0 Å². The van der Waals surface area contributed by atoms with Crippen LogP contribution in [0.5, 0.6) is 0 Å². The zero-order valence-electron chi connectivity index (χ0n) is 11.7. The summed E-state index contributed by atoms with van der Waals surface area (Å²) in [6, 6.07) is 13.4. The molecule has 2 N–H and O–H groups in total. The van der Waals surface area contributed by atoms with Crippen molar-refractivity contribution in [3.05, 3.63) is 60.7 Å². The summed E-state index contributed by atoms with van der Waals surface area (Å²) in [5.41, 5.74) is 1.14. The van der Waals surface area contributed by atoms with Gasteiger partial charge in [0, 0.05) is 13.0 Å². The molecule has 1 aromatic heterocycles. The van der Waals surface area contributed by atoms with Crippen LogP contribution in [0.15, 0.2) is 55.1 Å². The zero-order chi connectivity index (χ0) is 14.9. The average Bonchev–Trinajstić information content (AvgIpc) is 2.53. The van der Waals surface area contributed by atoms with E-state index in [9.17, 15) is 4.79 Å². The van der Waals surface area contributed by atoms with Gasteiger partial charge in [0.1, 0.15) is 5.82 Å². The van der Waals surface area contributed by atoms with E-state index in [4.69, 9.17) is 0 Å². The number of nitrogens with one attached hydrogen (secondary N) is 2. The predicted molar refractivity (Wildman–Crippen MR) is 84.1 cm³/mol. The highest BCUT2D eigenvalue weighted by Gasteiger charge is 2.04. The van der Waals surface area contributed by atoms with E-state index in [1.807, 2.05) is 30.3 Å². The first kappa shape index (κ1) is 14.7. The van der Waals surface area contributed by atoms with Crippen LogP contribution in [0.1, 0.15) is 12.0 Å². The molecule has 0 aliphatic rings. The number of aryl methyl sites for hydroxylation is 1. The maximum atomic E-state index is 11.8. The van der Waals surface area contributed by atoms with E-state index in [1.165, 1.54) is 0 Å². The molecule has 2 aromatic rings. The molecule has 2 rings (SSSR count). The van der Waals surface area contributed by atoms with Crippen molar-refractivity contribution < 1.29 is 4.79 Å². The van der Waals surface area contributed by atoms with E-state index < -0.39 is 0 Å². The SMILES string of the molecule is C=CCNc1ccc(NC(=O)CCc2ccccc2)nn1. The predicted octanol–water partition coefficient (Wildman–Crippen LogP) is 2.65. The lowest BCUT2D eigenvalue weighted by Gasteiger charge is -2.05. The molecule has 0 spiro atoms. The average molecular weight is 282 g/mol. The molecule has 0 saturated heterocycles. The minimum atomic E-state index is -0.0695. The fourth-order valence-corrected chi connectivity index (χ4v) is 1.78. The summed E-state index contributed by atoms with van der Waals surface area (Å²) in [5.74, 6) is 1.04. The van der Waals surface area contributed by atoms with Crippen molar-refractivity contribution in [2.45, 2.75) is 12.8 Å². The lowest BCUT2D eigenvalue weighted by molar-refractivity contribution is -0.116. The van der Waals surface area contributed by atoms with Gasteiger partial charge in [-0.2, -0.15) is 0 Å². The van der Waals surface area contributed by atoms with Gasteiger partial charge in [0.15, 0.2) is 5.82 Å². The van der Waals surface area contributed by atoms with Crippen LogP contribution in [0.3, 0.4) is 0 Å². The Hall–Kier alpha value is -2.69. The molecule has 1 heterocycles. The van der Waals surface area contributed by atoms with Gasteiger partial charge < -0.3 is 10.6 Å². The van der Waals surface area contributed by atoms with Crippen LogP contribution in [0, 0.1) is 0 Å². The maximum Gasteiger partial charge on any atom is 0.225 e. The van der Waals surface area contributed by atoms with Gasteiger partial charge in [-0.15, -0.1) is 16.8 Å². The van der Waals surface area contributed by atoms with Gasteiger partial charge in [0.05, 0.1) is 0 Å². The molecule has 0 aliphatic carbocycles. The number of hydrogen-bond donors (Lipinski definition) is 2. The smallest absolute Gasteiger partial charge is 0.225 e. The summed E-state index contributed by atoms with van der Waals surface area (Å²) in [5, 5.41) is 13.7. The molecule has 0 aliphatic heterocycles. The minimum Gasteiger partial charge on any atom is -0.365 e. The van der Waals surface area contributed by atoms with Crippen molar-refractivity contribution in [2.75, 3.05) is 17.2 Å². The second kappa shape index (κ2) is 7.79. The van der Waals surface area contributed by atoms with Crippen LogP contribution in [0.4, 0.5) is 11.6 Å². The Morgan fingerprint density at radius 2 is 1.81 bits per heavy atom. The Morgan fingerprint density at radius 3 is 2.48 bits per heavy atom. The molecule has 108 valence electrons. The van der Waals surface area contributed by atoms with Crippen LogP contribution in [0.25, 0.3) is 0 Å². The van der Waals surface area contributed by atoms with E-state index in [0.29, 0.717) is 31.0 Å². The second-order valence-electron chi connectivity index (χ2n) is 4.51. The second-order valence-corrected chi connectivity index (χ2v) is 4.51. The number of aromatic nitrogens is 2. The van der Waals surface area contributed by atoms with Crippen LogP contribution in [0.2, 0.25) is 0 Å². The van der Waals surface area contributed by atoms with Gasteiger partial charge >= 0.3 is 0 Å². The molecule has 0 bridgehead atoms. The topological polar surface area (TPSA) is 66.9 Å². The Bertz CT molecular complexity index is 581. The Balaban J connectivity index is 1.80. The van der Waals surface area contributed by atoms with Gasteiger partial charge in [-0.05, 0) is 24.1 Å². The summed E-state index contributed by atoms with van der Waals surface area (Å²) in [6.45, 7) is 4.23. The molecule has 0 atom stereocenters. The first-order valence-electron chi connectivity index (χ1n) is 6.80. The largest absolute Gasteiger partial charge is 0.365 e.